The van der Waals surface area contributed by atoms with Crippen LogP contribution in [-0.2, 0) is 9.53 Å². The molecule has 1 saturated heterocycles. The van der Waals surface area contributed by atoms with Gasteiger partial charge in [-0.2, -0.15) is 9.67 Å². The smallest absolute Gasteiger partial charge is 0.245 e. The Morgan fingerprint density at radius 2 is 2.09 bits per heavy atom. The number of benzene rings is 1. The number of anilines is 2. The van der Waals surface area contributed by atoms with Gasteiger partial charge in [0.1, 0.15) is 24.1 Å². The van der Waals surface area contributed by atoms with Crippen LogP contribution in [0.3, 0.4) is 0 Å². The van der Waals surface area contributed by atoms with Crippen molar-refractivity contribution < 1.29 is 14.3 Å². The quantitative estimate of drug-likeness (QED) is 0.545. The lowest BCUT2D eigenvalue weighted by Crippen LogP contribution is -2.32. The summed E-state index contributed by atoms with van der Waals surface area (Å²) in [5.74, 6) is 3.89. The van der Waals surface area contributed by atoms with E-state index in [0.29, 0.717) is 23.9 Å². The Kier molecular flexibility index (Phi) is 7.67. The summed E-state index contributed by atoms with van der Waals surface area (Å²) in [7, 11) is 0. The van der Waals surface area contributed by atoms with Crippen LogP contribution in [0.2, 0.25) is 0 Å². The Morgan fingerprint density at radius 3 is 2.85 bits per heavy atom. The van der Waals surface area contributed by atoms with Crippen LogP contribution < -0.4 is 15.8 Å². The molecule has 2 heterocycles. The Balaban J connectivity index is 1.38. The molecule has 34 heavy (non-hydrogen) atoms. The lowest BCUT2D eigenvalue weighted by Gasteiger charge is -2.26. The fraction of sp³-hybridized carbons (Fsp3) is 0.440. The largest absolute Gasteiger partial charge is 0.492 e. The SMILES string of the molecule is CC(C)Oc1cccc(-n2nc(NC3C=CC(OCCN4CCCCC4)=CC3=C=O)nc2N)c1. The maximum atomic E-state index is 11.6. The molecule has 1 fully saturated rings. The van der Waals surface area contributed by atoms with Gasteiger partial charge in [-0.25, -0.2) is 4.79 Å². The van der Waals surface area contributed by atoms with Crippen molar-refractivity contribution in [1.29, 1.82) is 0 Å². The molecule has 2 aliphatic rings. The molecule has 1 aliphatic heterocycles. The lowest BCUT2D eigenvalue weighted by molar-refractivity contribution is 0.148. The zero-order valence-corrected chi connectivity index (χ0v) is 19.7. The van der Waals surface area contributed by atoms with Crippen molar-refractivity contribution in [2.24, 2.45) is 0 Å². The van der Waals surface area contributed by atoms with Gasteiger partial charge in [0, 0.05) is 12.6 Å². The molecule has 0 amide bonds. The number of ether oxygens (including phenoxy) is 2. The summed E-state index contributed by atoms with van der Waals surface area (Å²) in [5, 5.41) is 7.60. The van der Waals surface area contributed by atoms with Gasteiger partial charge in [-0.15, -0.1) is 5.10 Å². The molecule has 3 N–H and O–H groups in total. The average molecular weight is 465 g/mol. The number of nitrogens with zero attached hydrogens (tertiary/aromatic N) is 4. The third-order valence-electron chi connectivity index (χ3n) is 5.68. The summed E-state index contributed by atoms with van der Waals surface area (Å²) in [4.78, 5) is 18.3. The second-order valence-corrected chi connectivity index (χ2v) is 8.71. The molecular formula is C25H32N6O3. The Labute approximate surface area is 199 Å². The number of nitrogens with two attached hydrogens (primary N) is 1. The van der Waals surface area contributed by atoms with E-state index < -0.39 is 6.04 Å². The van der Waals surface area contributed by atoms with Gasteiger partial charge in [-0.1, -0.05) is 18.6 Å². The van der Waals surface area contributed by atoms with Gasteiger partial charge < -0.3 is 20.5 Å². The maximum absolute atomic E-state index is 11.6. The van der Waals surface area contributed by atoms with Gasteiger partial charge >= 0.3 is 0 Å². The highest BCUT2D eigenvalue weighted by Crippen LogP contribution is 2.22. The molecule has 2 aromatic rings. The third kappa shape index (κ3) is 6.07. The van der Waals surface area contributed by atoms with Crippen molar-refractivity contribution in [2.75, 3.05) is 37.3 Å². The van der Waals surface area contributed by atoms with E-state index in [-0.39, 0.29) is 12.1 Å². The second-order valence-electron chi connectivity index (χ2n) is 8.71. The number of piperidine rings is 1. The number of likely N-dealkylation sites (tertiary alicyclic amines) is 1. The summed E-state index contributed by atoms with van der Waals surface area (Å²) in [6, 6.07) is 7.04. The first-order chi connectivity index (χ1) is 16.5. The number of allylic oxidation sites excluding steroid dienone is 1. The molecule has 1 unspecified atom stereocenters. The van der Waals surface area contributed by atoms with Gasteiger partial charge in [0.05, 0.1) is 23.4 Å². The minimum atomic E-state index is -0.433. The minimum absolute atomic E-state index is 0.0545. The van der Waals surface area contributed by atoms with Crippen LogP contribution in [0.5, 0.6) is 5.75 Å². The van der Waals surface area contributed by atoms with E-state index in [2.05, 4.69) is 20.3 Å². The number of hydrogen-bond acceptors (Lipinski definition) is 8. The van der Waals surface area contributed by atoms with Crippen molar-refractivity contribution >= 4 is 17.8 Å². The first-order valence-corrected chi connectivity index (χ1v) is 11.8. The fourth-order valence-electron chi connectivity index (χ4n) is 4.05. The lowest BCUT2D eigenvalue weighted by atomic mass is 10.0. The van der Waals surface area contributed by atoms with Crippen LogP contribution in [0.25, 0.3) is 5.69 Å². The van der Waals surface area contributed by atoms with Crippen LogP contribution in [0.15, 0.2) is 53.8 Å². The summed E-state index contributed by atoms with van der Waals surface area (Å²) >= 11 is 0. The van der Waals surface area contributed by atoms with Gasteiger partial charge in [-0.3, -0.25) is 4.90 Å². The molecule has 1 aliphatic carbocycles. The molecule has 4 rings (SSSR count). The van der Waals surface area contributed by atoms with Crippen LogP contribution in [0, 0.1) is 0 Å². The van der Waals surface area contributed by atoms with E-state index in [1.54, 1.807) is 6.08 Å². The van der Waals surface area contributed by atoms with Crippen molar-refractivity contribution in [3.8, 4) is 11.4 Å². The summed E-state index contributed by atoms with van der Waals surface area (Å²) in [5.41, 5.74) is 7.25. The van der Waals surface area contributed by atoms with Crippen molar-refractivity contribution in [1.82, 2.24) is 19.7 Å². The van der Waals surface area contributed by atoms with E-state index in [9.17, 15) is 4.79 Å². The highest BCUT2D eigenvalue weighted by molar-refractivity contribution is 5.65. The summed E-state index contributed by atoms with van der Waals surface area (Å²) in [6.45, 7) is 7.66. The number of nitrogens with one attached hydrogen (secondary N) is 1. The van der Waals surface area contributed by atoms with Gasteiger partial charge in [0.15, 0.2) is 0 Å². The van der Waals surface area contributed by atoms with Crippen LogP contribution >= 0.6 is 0 Å². The average Bonchev–Trinajstić information content (AvgIpc) is 3.20. The predicted octanol–water partition coefficient (Wildman–Crippen LogP) is 3.13. The highest BCUT2D eigenvalue weighted by atomic mass is 16.5. The van der Waals surface area contributed by atoms with Gasteiger partial charge in [0.25, 0.3) is 0 Å². The standard InChI is InChI=1S/C25H32N6O3/c1-18(2)34-22-8-6-7-20(16-22)31-24(26)28-25(29-31)27-23-10-9-21(15-19(23)17-32)33-14-13-30-11-4-3-5-12-30/h6-10,15-16,18,23H,3-5,11-14H2,1-2H3,(H3,26,27,28,29). The Bertz CT molecular complexity index is 1090. The molecule has 1 aromatic heterocycles. The molecule has 0 bridgehead atoms. The molecule has 180 valence electrons. The van der Waals surface area contributed by atoms with E-state index >= 15 is 0 Å². The molecule has 0 saturated carbocycles. The van der Waals surface area contributed by atoms with Crippen LogP contribution in [0.4, 0.5) is 11.9 Å². The molecule has 0 radical (unpaired) electrons. The highest BCUT2D eigenvalue weighted by Gasteiger charge is 2.20. The minimum Gasteiger partial charge on any atom is -0.492 e. The molecule has 1 aromatic carbocycles. The van der Waals surface area contributed by atoms with Crippen molar-refractivity contribution in [2.45, 2.75) is 45.3 Å². The van der Waals surface area contributed by atoms with Gasteiger partial charge in [-0.05, 0) is 64.1 Å². The monoisotopic (exact) mass is 464 g/mol. The first kappa shape index (κ1) is 23.6. The zero-order valence-electron chi connectivity index (χ0n) is 19.7. The molecule has 9 nitrogen and oxygen atoms in total. The molecular weight excluding hydrogens is 432 g/mol. The van der Waals surface area contributed by atoms with Crippen LogP contribution in [-0.4, -0.2) is 64.0 Å². The first-order valence-electron chi connectivity index (χ1n) is 11.8. The van der Waals surface area contributed by atoms with Crippen LogP contribution in [0.1, 0.15) is 33.1 Å². The summed E-state index contributed by atoms with van der Waals surface area (Å²) < 4.78 is 13.2. The maximum Gasteiger partial charge on any atom is 0.245 e. The molecule has 1 atom stereocenters. The molecule has 9 heteroatoms. The Hall–Kier alpha value is -3.55. The number of carbonyl (C=O) groups excluding carboxylic acids is 1. The normalized spacial score (nSPS) is 18.5. The topological polar surface area (TPSA) is 108 Å². The number of hydrogen-bond donors (Lipinski definition) is 2. The number of nitrogen functional groups attached to an aromatic ring is 1. The van der Waals surface area contributed by atoms with Crippen molar-refractivity contribution in [3.63, 3.8) is 0 Å². The summed E-state index contributed by atoms with van der Waals surface area (Å²) in [6.07, 6.45) is 9.25. The van der Waals surface area contributed by atoms with Crippen molar-refractivity contribution in [3.05, 3.63) is 53.8 Å². The van der Waals surface area contributed by atoms with E-state index in [1.807, 2.05) is 56.2 Å². The zero-order chi connectivity index (χ0) is 23.9. The van der Waals surface area contributed by atoms with E-state index in [0.717, 1.165) is 31.1 Å². The number of rotatable bonds is 9. The van der Waals surface area contributed by atoms with Gasteiger partial charge in [0.2, 0.25) is 11.9 Å². The van der Waals surface area contributed by atoms with E-state index in [1.165, 1.54) is 23.9 Å². The second kappa shape index (κ2) is 11.0. The van der Waals surface area contributed by atoms with E-state index in [4.69, 9.17) is 15.2 Å². The molecule has 0 spiro atoms. The predicted molar refractivity (Wildman–Crippen MR) is 132 cm³/mol. The number of aromatic nitrogens is 3. The fourth-order valence-corrected chi connectivity index (χ4v) is 4.05. The third-order valence-corrected chi connectivity index (χ3v) is 5.68. The Morgan fingerprint density at radius 1 is 1.26 bits per heavy atom.